The minimum Gasteiger partial charge on any atom is -0.385 e. The zero-order valence-electron chi connectivity index (χ0n) is 11.5. The van der Waals surface area contributed by atoms with Crippen molar-refractivity contribution in [3.8, 4) is 0 Å². The molecule has 3 nitrogen and oxygen atoms in total. The minimum absolute atomic E-state index is 0.177. The topological polar surface area (TPSA) is 54.7 Å². The van der Waals surface area contributed by atoms with Crippen LogP contribution in [0.3, 0.4) is 0 Å². The highest BCUT2D eigenvalue weighted by Crippen LogP contribution is 2.23. The lowest BCUT2D eigenvalue weighted by Gasteiger charge is -2.19. The molecule has 19 heavy (non-hydrogen) atoms. The standard InChI is InChI=1S/C15H19N3S/c1-15(2,3)12-6-4-10(5-7-12)8-11-9-17-14(19)18-13(11)16/h4-7,9H,8H2,1-3H3,(H3,16,17,18,19). The van der Waals surface area contributed by atoms with Gasteiger partial charge in [-0.2, -0.15) is 0 Å². The molecule has 0 amide bonds. The number of benzene rings is 1. The Hall–Kier alpha value is -1.68. The highest BCUT2D eigenvalue weighted by Gasteiger charge is 2.13. The van der Waals surface area contributed by atoms with E-state index in [9.17, 15) is 0 Å². The van der Waals surface area contributed by atoms with Crippen LogP contribution in [0.2, 0.25) is 0 Å². The fraction of sp³-hybridized carbons (Fsp3) is 0.333. The zero-order chi connectivity index (χ0) is 14.0. The van der Waals surface area contributed by atoms with Crippen molar-refractivity contribution in [2.75, 3.05) is 5.73 Å². The molecule has 0 spiro atoms. The van der Waals surface area contributed by atoms with Crippen LogP contribution >= 0.6 is 12.2 Å². The maximum Gasteiger partial charge on any atom is 0.198 e. The highest BCUT2D eigenvalue weighted by molar-refractivity contribution is 7.71. The summed E-state index contributed by atoms with van der Waals surface area (Å²) in [7, 11) is 0. The van der Waals surface area contributed by atoms with Crippen molar-refractivity contribution < 1.29 is 0 Å². The number of nitrogens with one attached hydrogen (secondary N) is 1. The Bertz CT molecular complexity index is 621. The number of nitrogen functional groups attached to an aromatic ring is 1. The molecule has 0 radical (unpaired) electrons. The molecule has 0 fully saturated rings. The number of anilines is 1. The number of aromatic nitrogens is 2. The Morgan fingerprint density at radius 3 is 2.37 bits per heavy atom. The van der Waals surface area contributed by atoms with E-state index in [0.29, 0.717) is 10.6 Å². The van der Waals surface area contributed by atoms with Gasteiger partial charge in [-0.15, -0.1) is 0 Å². The summed E-state index contributed by atoms with van der Waals surface area (Å²) in [5.41, 5.74) is 9.60. The van der Waals surface area contributed by atoms with Gasteiger partial charge in [-0.3, -0.25) is 0 Å². The summed E-state index contributed by atoms with van der Waals surface area (Å²) < 4.78 is 0.421. The molecule has 0 aliphatic carbocycles. The Morgan fingerprint density at radius 1 is 1.21 bits per heavy atom. The summed E-state index contributed by atoms with van der Waals surface area (Å²) >= 11 is 4.94. The van der Waals surface area contributed by atoms with Crippen LogP contribution in [0.25, 0.3) is 0 Å². The highest BCUT2D eigenvalue weighted by atomic mass is 32.1. The minimum atomic E-state index is 0.177. The van der Waals surface area contributed by atoms with E-state index in [0.717, 1.165) is 12.0 Å². The summed E-state index contributed by atoms with van der Waals surface area (Å²) in [5.74, 6) is 0.597. The number of nitrogens with two attached hydrogens (primary N) is 1. The molecule has 0 aliphatic rings. The third-order valence-corrected chi connectivity index (χ3v) is 3.35. The summed E-state index contributed by atoms with van der Waals surface area (Å²) in [6.07, 6.45) is 2.50. The number of nitrogens with zero attached hydrogens (tertiary/aromatic N) is 1. The average Bonchev–Trinajstić information content (AvgIpc) is 2.32. The first-order valence-electron chi connectivity index (χ1n) is 6.29. The predicted octanol–water partition coefficient (Wildman–Crippen LogP) is 3.61. The van der Waals surface area contributed by atoms with Crippen LogP contribution in [0.4, 0.5) is 5.82 Å². The number of aromatic amines is 1. The fourth-order valence-corrected chi connectivity index (χ4v) is 2.08. The SMILES string of the molecule is CC(C)(C)c1ccc(Cc2cnc(=S)[nH]c2N)cc1. The maximum absolute atomic E-state index is 5.91. The summed E-state index contributed by atoms with van der Waals surface area (Å²) in [4.78, 5) is 6.95. The van der Waals surface area contributed by atoms with Gasteiger partial charge in [0.1, 0.15) is 5.82 Å². The molecule has 100 valence electrons. The van der Waals surface area contributed by atoms with Gasteiger partial charge in [0.2, 0.25) is 0 Å². The van der Waals surface area contributed by atoms with Crippen molar-refractivity contribution in [3.63, 3.8) is 0 Å². The molecule has 0 atom stereocenters. The third kappa shape index (κ3) is 3.41. The van der Waals surface area contributed by atoms with E-state index >= 15 is 0 Å². The normalized spacial score (nSPS) is 11.5. The number of hydrogen-bond acceptors (Lipinski definition) is 3. The van der Waals surface area contributed by atoms with E-state index in [1.807, 2.05) is 0 Å². The molecule has 0 saturated heterocycles. The van der Waals surface area contributed by atoms with E-state index in [4.69, 9.17) is 18.0 Å². The first-order valence-corrected chi connectivity index (χ1v) is 6.70. The molecular weight excluding hydrogens is 254 g/mol. The Balaban J connectivity index is 2.22. The van der Waals surface area contributed by atoms with Gasteiger partial charge < -0.3 is 10.7 Å². The van der Waals surface area contributed by atoms with Crippen molar-refractivity contribution >= 4 is 18.0 Å². The largest absolute Gasteiger partial charge is 0.385 e. The molecular formula is C15H19N3S. The first-order chi connectivity index (χ1) is 8.86. The Kier molecular flexibility index (Phi) is 3.71. The molecule has 2 aromatic rings. The lowest BCUT2D eigenvalue weighted by molar-refractivity contribution is 0.590. The molecule has 0 bridgehead atoms. The van der Waals surface area contributed by atoms with Crippen molar-refractivity contribution in [2.45, 2.75) is 32.6 Å². The van der Waals surface area contributed by atoms with Crippen LogP contribution in [0.15, 0.2) is 30.5 Å². The van der Waals surface area contributed by atoms with Gasteiger partial charge in [-0.1, -0.05) is 45.0 Å². The molecule has 2 rings (SSSR count). The fourth-order valence-electron chi connectivity index (χ4n) is 1.92. The predicted molar refractivity (Wildman–Crippen MR) is 81.8 cm³/mol. The van der Waals surface area contributed by atoms with Crippen LogP contribution in [0, 0.1) is 4.77 Å². The van der Waals surface area contributed by atoms with Crippen molar-refractivity contribution in [2.24, 2.45) is 0 Å². The van der Waals surface area contributed by atoms with Gasteiger partial charge in [0.05, 0.1) is 0 Å². The lowest BCUT2D eigenvalue weighted by Crippen LogP contribution is -2.10. The second kappa shape index (κ2) is 5.13. The first kappa shape index (κ1) is 13.7. The smallest absolute Gasteiger partial charge is 0.198 e. The van der Waals surface area contributed by atoms with Crippen LogP contribution < -0.4 is 5.73 Å². The third-order valence-electron chi connectivity index (χ3n) is 3.14. The molecule has 0 unspecified atom stereocenters. The zero-order valence-corrected chi connectivity index (χ0v) is 12.3. The number of rotatable bonds is 2. The van der Waals surface area contributed by atoms with E-state index in [1.165, 1.54) is 11.1 Å². The van der Waals surface area contributed by atoms with Crippen LogP contribution in [-0.4, -0.2) is 9.97 Å². The van der Waals surface area contributed by atoms with E-state index < -0.39 is 0 Å². The van der Waals surface area contributed by atoms with Crippen molar-refractivity contribution in [1.29, 1.82) is 0 Å². The Labute approximate surface area is 118 Å². The van der Waals surface area contributed by atoms with E-state index in [2.05, 4.69) is 55.0 Å². The second-order valence-electron chi connectivity index (χ2n) is 5.75. The van der Waals surface area contributed by atoms with Crippen LogP contribution in [-0.2, 0) is 11.8 Å². The molecule has 1 heterocycles. The van der Waals surface area contributed by atoms with Crippen molar-refractivity contribution in [3.05, 3.63) is 51.9 Å². The van der Waals surface area contributed by atoms with Gasteiger partial charge in [-0.25, -0.2) is 4.98 Å². The Morgan fingerprint density at radius 2 is 1.84 bits per heavy atom. The van der Waals surface area contributed by atoms with Crippen LogP contribution in [0.1, 0.15) is 37.5 Å². The number of H-pyrrole nitrogens is 1. The van der Waals surface area contributed by atoms with Gasteiger partial charge in [0.25, 0.3) is 0 Å². The van der Waals surface area contributed by atoms with Crippen LogP contribution in [0.5, 0.6) is 0 Å². The number of hydrogen-bond donors (Lipinski definition) is 2. The van der Waals surface area contributed by atoms with Crippen molar-refractivity contribution in [1.82, 2.24) is 9.97 Å². The molecule has 0 saturated carbocycles. The average molecular weight is 273 g/mol. The van der Waals surface area contributed by atoms with Gasteiger partial charge in [0, 0.05) is 18.2 Å². The van der Waals surface area contributed by atoms with E-state index in [1.54, 1.807) is 6.20 Å². The molecule has 3 N–H and O–H groups in total. The van der Waals surface area contributed by atoms with E-state index in [-0.39, 0.29) is 5.41 Å². The van der Waals surface area contributed by atoms with Gasteiger partial charge >= 0.3 is 0 Å². The molecule has 1 aromatic heterocycles. The monoisotopic (exact) mass is 273 g/mol. The molecule has 4 heteroatoms. The second-order valence-corrected chi connectivity index (χ2v) is 6.14. The summed E-state index contributed by atoms with van der Waals surface area (Å²) in [6, 6.07) is 8.62. The summed E-state index contributed by atoms with van der Waals surface area (Å²) in [6.45, 7) is 6.63. The lowest BCUT2D eigenvalue weighted by atomic mass is 9.86. The maximum atomic E-state index is 5.91. The van der Waals surface area contributed by atoms with Gasteiger partial charge in [-0.05, 0) is 28.8 Å². The molecule has 1 aromatic carbocycles. The quantitative estimate of drug-likeness (QED) is 0.822. The van der Waals surface area contributed by atoms with Gasteiger partial charge in [0.15, 0.2) is 4.77 Å². The molecule has 0 aliphatic heterocycles. The summed E-state index contributed by atoms with van der Waals surface area (Å²) in [5, 5.41) is 0.